The van der Waals surface area contributed by atoms with Crippen LogP contribution in [0.4, 0.5) is 0 Å². The van der Waals surface area contributed by atoms with Crippen molar-refractivity contribution in [3.05, 3.63) is 12.7 Å². The highest BCUT2D eigenvalue weighted by Gasteiger charge is 2.18. The van der Waals surface area contributed by atoms with E-state index < -0.39 is 0 Å². The summed E-state index contributed by atoms with van der Waals surface area (Å²) in [6.45, 7) is 3.76. The van der Waals surface area contributed by atoms with Gasteiger partial charge in [0.2, 0.25) is 0 Å². The van der Waals surface area contributed by atoms with E-state index in [4.69, 9.17) is 18.0 Å². The molecule has 1 unspecified atom stereocenters. The standard InChI is InChI=1S/C10H17N3S/c1-2-5-8-6-3-4-7-9(8)12-13-10(11)14/h2,8H,1,3-7H2,(H3,11,13,14)/b12-9+. The summed E-state index contributed by atoms with van der Waals surface area (Å²) in [4.78, 5) is 0. The number of nitrogens with zero attached hydrogens (tertiary/aromatic N) is 1. The van der Waals surface area contributed by atoms with Crippen molar-refractivity contribution in [2.24, 2.45) is 16.8 Å². The summed E-state index contributed by atoms with van der Waals surface area (Å²) in [7, 11) is 0. The number of nitrogens with two attached hydrogens (primary N) is 1. The van der Waals surface area contributed by atoms with E-state index >= 15 is 0 Å². The van der Waals surface area contributed by atoms with Gasteiger partial charge in [-0.15, -0.1) is 6.58 Å². The van der Waals surface area contributed by atoms with Gasteiger partial charge in [0.15, 0.2) is 5.11 Å². The molecule has 0 aromatic heterocycles. The van der Waals surface area contributed by atoms with E-state index in [1.165, 1.54) is 25.0 Å². The average molecular weight is 211 g/mol. The molecule has 1 aliphatic rings. The van der Waals surface area contributed by atoms with Crippen LogP contribution in [0.5, 0.6) is 0 Å². The summed E-state index contributed by atoms with van der Waals surface area (Å²) in [5, 5.41) is 4.47. The third kappa shape index (κ3) is 3.46. The van der Waals surface area contributed by atoms with Crippen LogP contribution in [-0.4, -0.2) is 10.8 Å². The van der Waals surface area contributed by atoms with Crippen molar-refractivity contribution < 1.29 is 0 Å². The van der Waals surface area contributed by atoms with Gasteiger partial charge in [0.25, 0.3) is 0 Å². The molecule has 0 aromatic carbocycles. The minimum atomic E-state index is 0.237. The molecule has 1 rings (SSSR count). The third-order valence-electron chi connectivity index (χ3n) is 2.47. The molecular weight excluding hydrogens is 194 g/mol. The normalized spacial score (nSPS) is 24.6. The van der Waals surface area contributed by atoms with Crippen molar-refractivity contribution in [2.45, 2.75) is 32.1 Å². The molecule has 1 aliphatic carbocycles. The zero-order chi connectivity index (χ0) is 10.4. The van der Waals surface area contributed by atoms with E-state index in [9.17, 15) is 0 Å². The molecule has 78 valence electrons. The molecule has 14 heavy (non-hydrogen) atoms. The van der Waals surface area contributed by atoms with E-state index in [1.807, 2.05) is 6.08 Å². The Labute approximate surface area is 90.4 Å². The highest BCUT2D eigenvalue weighted by molar-refractivity contribution is 7.80. The predicted octanol–water partition coefficient (Wildman–Crippen LogP) is 1.94. The minimum absolute atomic E-state index is 0.237. The number of nitrogens with one attached hydrogen (secondary N) is 1. The Morgan fingerprint density at radius 3 is 3.14 bits per heavy atom. The van der Waals surface area contributed by atoms with Gasteiger partial charge in [-0.3, -0.25) is 5.43 Å². The number of hydrazone groups is 1. The lowest BCUT2D eigenvalue weighted by Gasteiger charge is -2.22. The SMILES string of the molecule is C=CCC1CCCC/C1=N\NC(N)=S. The quantitative estimate of drug-likeness (QED) is 0.426. The van der Waals surface area contributed by atoms with Gasteiger partial charge < -0.3 is 5.73 Å². The van der Waals surface area contributed by atoms with Crippen LogP contribution in [0.1, 0.15) is 32.1 Å². The number of hydrogen-bond donors (Lipinski definition) is 2. The summed E-state index contributed by atoms with van der Waals surface area (Å²) in [6.07, 6.45) is 7.69. The molecule has 3 nitrogen and oxygen atoms in total. The first-order chi connectivity index (χ1) is 6.74. The van der Waals surface area contributed by atoms with Gasteiger partial charge in [-0.25, -0.2) is 0 Å². The van der Waals surface area contributed by atoms with Crippen molar-refractivity contribution in [1.82, 2.24) is 5.43 Å². The first-order valence-electron chi connectivity index (χ1n) is 4.97. The van der Waals surface area contributed by atoms with Crippen LogP contribution in [-0.2, 0) is 0 Å². The van der Waals surface area contributed by atoms with Crippen LogP contribution >= 0.6 is 12.2 Å². The summed E-state index contributed by atoms with van der Waals surface area (Å²) < 4.78 is 0. The summed E-state index contributed by atoms with van der Waals surface area (Å²) in [5.74, 6) is 0.531. The van der Waals surface area contributed by atoms with Gasteiger partial charge in [-0.1, -0.05) is 12.5 Å². The topological polar surface area (TPSA) is 50.4 Å². The lowest BCUT2D eigenvalue weighted by molar-refractivity contribution is 0.527. The number of thiocarbonyl (C=S) groups is 1. The maximum Gasteiger partial charge on any atom is 0.184 e. The van der Waals surface area contributed by atoms with E-state index in [2.05, 4.69) is 17.1 Å². The second-order valence-electron chi connectivity index (χ2n) is 3.55. The predicted molar refractivity (Wildman–Crippen MR) is 64.1 cm³/mol. The molecule has 0 saturated heterocycles. The molecule has 4 heteroatoms. The zero-order valence-corrected chi connectivity index (χ0v) is 9.15. The molecule has 1 fully saturated rings. The highest BCUT2D eigenvalue weighted by atomic mass is 32.1. The van der Waals surface area contributed by atoms with Gasteiger partial charge >= 0.3 is 0 Å². The third-order valence-corrected chi connectivity index (χ3v) is 2.56. The zero-order valence-electron chi connectivity index (χ0n) is 8.33. The van der Waals surface area contributed by atoms with Crippen LogP contribution in [0.3, 0.4) is 0 Å². The molecule has 0 aromatic rings. The fourth-order valence-electron chi connectivity index (χ4n) is 1.80. The van der Waals surface area contributed by atoms with Crippen LogP contribution in [0, 0.1) is 5.92 Å². The monoisotopic (exact) mass is 211 g/mol. The maximum absolute atomic E-state index is 5.32. The summed E-state index contributed by atoms with van der Waals surface area (Å²) in [5.41, 5.74) is 9.17. The Kier molecular flexibility index (Phi) is 4.59. The van der Waals surface area contributed by atoms with Crippen molar-refractivity contribution in [3.63, 3.8) is 0 Å². The summed E-state index contributed by atoms with van der Waals surface area (Å²) >= 11 is 4.71. The molecule has 0 heterocycles. The Morgan fingerprint density at radius 1 is 1.71 bits per heavy atom. The van der Waals surface area contributed by atoms with Gasteiger partial charge in [0.1, 0.15) is 0 Å². The van der Waals surface area contributed by atoms with Crippen LogP contribution in [0.25, 0.3) is 0 Å². The Balaban J connectivity index is 2.56. The van der Waals surface area contributed by atoms with E-state index in [1.54, 1.807) is 0 Å². The van der Waals surface area contributed by atoms with Gasteiger partial charge in [0, 0.05) is 11.6 Å². The first-order valence-corrected chi connectivity index (χ1v) is 5.37. The number of rotatable bonds is 3. The molecule has 0 spiro atoms. The van der Waals surface area contributed by atoms with Gasteiger partial charge in [-0.05, 0) is 37.9 Å². The van der Waals surface area contributed by atoms with E-state index in [-0.39, 0.29) is 5.11 Å². The van der Waals surface area contributed by atoms with Crippen molar-refractivity contribution in [2.75, 3.05) is 0 Å². The first kappa shape index (κ1) is 11.2. The van der Waals surface area contributed by atoms with Gasteiger partial charge in [0.05, 0.1) is 0 Å². The molecule has 3 N–H and O–H groups in total. The van der Waals surface area contributed by atoms with Gasteiger partial charge in [-0.2, -0.15) is 5.10 Å². The fourth-order valence-corrected chi connectivity index (χ4v) is 1.84. The van der Waals surface area contributed by atoms with Crippen LogP contribution < -0.4 is 11.2 Å². The van der Waals surface area contributed by atoms with Crippen molar-refractivity contribution in [1.29, 1.82) is 0 Å². The average Bonchev–Trinajstić information content (AvgIpc) is 2.17. The van der Waals surface area contributed by atoms with Crippen molar-refractivity contribution in [3.8, 4) is 0 Å². The van der Waals surface area contributed by atoms with E-state index in [0.717, 1.165) is 12.8 Å². The van der Waals surface area contributed by atoms with Crippen LogP contribution in [0.2, 0.25) is 0 Å². The second-order valence-corrected chi connectivity index (χ2v) is 3.99. The van der Waals surface area contributed by atoms with E-state index in [0.29, 0.717) is 5.92 Å². The maximum atomic E-state index is 5.32. The number of allylic oxidation sites excluding steroid dienone is 1. The molecule has 0 radical (unpaired) electrons. The lowest BCUT2D eigenvalue weighted by Crippen LogP contribution is -2.28. The number of hydrogen-bond acceptors (Lipinski definition) is 2. The van der Waals surface area contributed by atoms with Crippen LogP contribution in [0.15, 0.2) is 17.8 Å². The Morgan fingerprint density at radius 2 is 2.50 bits per heavy atom. The lowest BCUT2D eigenvalue weighted by atomic mass is 9.85. The molecule has 1 atom stereocenters. The Hall–Kier alpha value is -0.900. The molecule has 1 saturated carbocycles. The smallest absolute Gasteiger partial charge is 0.184 e. The second kappa shape index (κ2) is 5.75. The molecule has 0 aliphatic heterocycles. The fraction of sp³-hybridized carbons (Fsp3) is 0.600. The molecular formula is C10H17N3S. The molecule has 0 amide bonds. The minimum Gasteiger partial charge on any atom is -0.375 e. The Bertz CT molecular complexity index is 248. The largest absolute Gasteiger partial charge is 0.375 e. The highest BCUT2D eigenvalue weighted by Crippen LogP contribution is 2.24. The molecule has 0 bridgehead atoms. The summed E-state index contributed by atoms with van der Waals surface area (Å²) in [6, 6.07) is 0. The van der Waals surface area contributed by atoms with Crippen molar-refractivity contribution >= 4 is 23.0 Å².